The van der Waals surface area contributed by atoms with Gasteiger partial charge in [-0.1, -0.05) is 11.6 Å². The van der Waals surface area contributed by atoms with E-state index in [0.717, 1.165) is 17.8 Å². The van der Waals surface area contributed by atoms with E-state index in [2.05, 4.69) is 20.6 Å². The van der Waals surface area contributed by atoms with E-state index in [1.165, 1.54) is 13.1 Å². The number of rotatable bonds is 5. The van der Waals surface area contributed by atoms with Gasteiger partial charge in [-0.3, -0.25) is 4.79 Å². The van der Waals surface area contributed by atoms with Crippen molar-refractivity contribution in [2.75, 3.05) is 28.7 Å². The molecule has 3 aromatic rings. The number of thiophene rings is 1. The zero-order valence-corrected chi connectivity index (χ0v) is 18.0. The maximum absolute atomic E-state index is 12.1. The van der Waals surface area contributed by atoms with Crippen molar-refractivity contribution in [1.82, 2.24) is 9.97 Å². The van der Waals surface area contributed by atoms with Gasteiger partial charge in [0.25, 0.3) is 0 Å². The Bertz CT molecular complexity index is 1150. The van der Waals surface area contributed by atoms with Crippen LogP contribution in [0.1, 0.15) is 23.0 Å². The SMILES string of the molecule is CC(=O)N1CCCOc2ccc(Nc3ncc(Cl)c(Nc4ccsc4C(=O)O)n3)cc21. The molecular weight excluding hydrogens is 442 g/mol. The number of anilines is 5. The second kappa shape index (κ2) is 8.78. The normalized spacial score (nSPS) is 13.0. The fourth-order valence-corrected chi connectivity index (χ4v) is 3.95. The van der Waals surface area contributed by atoms with Crippen molar-refractivity contribution in [3.05, 3.63) is 45.7 Å². The lowest BCUT2D eigenvalue weighted by Gasteiger charge is -2.21. The maximum atomic E-state index is 12.1. The van der Waals surface area contributed by atoms with E-state index in [1.54, 1.807) is 34.5 Å². The summed E-state index contributed by atoms with van der Waals surface area (Å²) in [5.74, 6) is 0.0501. The van der Waals surface area contributed by atoms with Crippen LogP contribution in [-0.2, 0) is 4.79 Å². The minimum Gasteiger partial charge on any atom is -0.491 e. The number of aromatic nitrogens is 2. The summed E-state index contributed by atoms with van der Waals surface area (Å²) in [6.45, 7) is 2.63. The Kier molecular flexibility index (Phi) is 5.92. The fraction of sp³-hybridized carbons (Fsp3) is 0.200. The number of hydrogen-bond donors (Lipinski definition) is 3. The number of benzene rings is 1. The number of aromatic carboxylic acids is 1. The molecular formula is C20H18ClN5O4S. The number of nitrogens with one attached hydrogen (secondary N) is 2. The molecule has 2 aromatic heterocycles. The van der Waals surface area contributed by atoms with Crippen LogP contribution in [0.5, 0.6) is 5.75 Å². The lowest BCUT2D eigenvalue weighted by atomic mass is 10.2. The van der Waals surface area contributed by atoms with Crippen molar-refractivity contribution in [2.45, 2.75) is 13.3 Å². The molecule has 0 radical (unpaired) electrons. The largest absolute Gasteiger partial charge is 0.491 e. The predicted octanol–water partition coefficient (Wildman–Crippen LogP) is 4.51. The van der Waals surface area contributed by atoms with E-state index in [4.69, 9.17) is 16.3 Å². The first-order chi connectivity index (χ1) is 14.9. The zero-order valence-electron chi connectivity index (χ0n) is 16.4. The molecule has 9 nitrogen and oxygen atoms in total. The number of amides is 1. The van der Waals surface area contributed by atoms with Gasteiger partial charge in [0, 0.05) is 19.2 Å². The molecule has 1 aliphatic heterocycles. The molecule has 0 fully saturated rings. The number of ether oxygens (including phenoxy) is 1. The topological polar surface area (TPSA) is 117 Å². The highest BCUT2D eigenvalue weighted by molar-refractivity contribution is 7.12. The number of carboxylic acids is 1. The molecule has 0 unspecified atom stereocenters. The number of carbonyl (C=O) groups excluding carboxylic acids is 1. The van der Waals surface area contributed by atoms with Crippen molar-refractivity contribution in [3.8, 4) is 5.75 Å². The lowest BCUT2D eigenvalue weighted by molar-refractivity contribution is -0.116. The van der Waals surface area contributed by atoms with E-state index < -0.39 is 5.97 Å². The van der Waals surface area contributed by atoms with Gasteiger partial charge in [-0.05, 0) is 36.1 Å². The van der Waals surface area contributed by atoms with E-state index in [9.17, 15) is 14.7 Å². The van der Waals surface area contributed by atoms with E-state index in [1.807, 2.05) is 0 Å². The summed E-state index contributed by atoms with van der Waals surface area (Å²) in [5, 5.41) is 17.2. The molecule has 0 atom stereocenters. The summed E-state index contributed by atoms with van der Waals surface area (Å²) in [4.78, 5) is 33.8. The monoisotopic (exact) mass is 459 g/mol. The number of carbonyl (C=O) groups is 2. The molecule has 0 saturated carbocycles. The maximum Gasteiger partial charge on any atom is 0.348 e. The van der Waals surface area contributed by atoms with Gasteiger partial charge in [-0.2, -0.15) is 4.98 Å². The number of fused-ring (bicyclic) bond motifs is 1. The standard InChI is InChI=1S/C20H18ClN5O4S/c1-11(27)26-6-2-7-30-16-4-3-12(9-15(16)26)23-20-22-10-13(21)18(25-20)24-14-5-8-31-17(14)19(28)29/h3-5,8-10H,2,6-7H2,1H3,(H,28,29)(H2,22,23,24,25). The molecule has 31 heavy (non-hydrogen) atoms. The molecule has 1 aromatic carbocycles. The molecule has 1 aliphatic rings. The van der Waals surface area contributed by atoms with Crippen LogP contribution < -0.4 is 20.3 Å². The van der Waals surface area contributed by atoms with Crippen LogP contribution in [0.15, 0.2) is 35.8 Å². The Labute approximate surface area is 186 Å². The van der Waals surface area contributed by atoms with Crippen molar-refractivity contribution in [2.24, 2.45) is 0 Å². The highest BCUT2D eigenvalue weighted by Gasteiger charge is 2.20. The van der Waals surface area contributed by atoms with Crippen LogP contribution in [0, 0.1) is 0 Å². The highest BCUT2D eigenvalue weighted by atomic mass is 35.5. The van der Waals surface area contributed by atoms with Crippen LogP contribution in [-0.4, -0.2) is 40.1 Å². The minimum atomic E-state index is -1.04. The summed E-state index contributed by atoms with van der Waals surface area (Å²) >= 11 is 7.29. The van der Waals surface area contributed by atoms with Gasteiger partial charge in [-0.25, -0.2) is 9.78 Å². The molecule has 0 aliphatic carbocycles. The lowest BCUT2D eigenvalue weighted by Crippen LogP contribution is -2.28. The van der Waals surface area contributed by atoms with Crippen LogP contribution in [0.25, 0.3) is 0 Å². The van der Waals surface area contributed by atoms with Crippen molar-refractivity contribution >= 4 is 63.6 Å². The van der Waals surface area contributed by atoms with Gasteiger partial charge in [-0.15, -0.1) is 11.3 Å². The molecule has 3 heterocycles. The third-order valence-electron chi connectivity index (χ3n) is 4.53. The van der Waals surface area contributed by atoms with Crippen LogP contribution >= 0.6 is 22.9 Å². The predicted molar refractivity (Wildman–Crippen MR) is 119 cm³/mol. The van der Waals surface area contributed by atoms with E-state index in [-0.39, 0.29) is 27.6 Å². The molecule has 0 saturated heterocycles. The second-order valence-corrected chi connectivity index (χ2v) is 7.99. The Balaban J connectivity index is 1.60. The minimum absolute atomic E-state index is 0.0665. The smallest absolute Gasteiger partial charge is 0.348 e. The average molecular weight is 460 g/mol. The summed E-state index contributed by atoms with van der Waals surface area (Å²) in [7, 11) is 0. The Morgan fingerprint density at radius 2 is 2.13 bits per heavy atom. The van der Waals surface area contributed by atoms with Crippen molar-refractivity contribution < 1.29 is 19.4 Å². The summed E-state index contributed by atoms with van der Waals surface area (Å²) in [6, 6.07) is 7.03. The quantitative estimate of drug-likeness (QED) is 0.510. The van der Waals surface area contributed by atoms with Crippen LogP contribution in [0.3, 0.4) is 0 Å². The highest BCUT2D eigenvalue weighted by Crippen LogP contribution is 2.35. The van der Waals surface area contributed by atoms with Gasteiger partial charge in [0.1, 0.15) is 15.6 Å². The molecule has 4 rings (SSSR count). The van der Waals surface area contributed by atoms with Gasteiger partial charge >= 0.3 is 5.97 Å². The number of halogens is 1. The Morgan fingerprint density at radius 1 is 1.29 bits per heavy atom. The van der Waals surface area contributed by atoms with Gasteiger partial charge in [0.15, 0.2) is 5.82 Å². The molecule has 3 N–H and O–H groups in total. The molecule has 0 bridgehead atoms. The number of hydrogen-bond acceptors (Lipinski definition) is 8. The Hall–Kier alpha value is -3.37. The molecule has 1 amide bonds. The summed E-state index contributed by atoms with van der Waals surface area (Å²) in [6.07, 6.45) is 2.16. The van der Waals surface area contributed by atoms with E-state index >= 15 is 0 Å². The van der Waals surface area contributed by atoms with Crippen molar-refractivity contribution in [1.29, 1.82) is 0 Å². The van der Waals surface area contributed by atoms with Crippen LogP contribution in [0.4, 0.5) is 28.8 Å². The zero-order chi connectivity index (χ0) is 22.0. The first kappa shape index (κ1) is 20.9. The van der Waals surface area contributed by atoms with Gasteiger partial charge in [0.05, 0.1) is 24.2 Å². The third-order valence-corrected chi connectivity index (χ3v) is 5.71. The van der Waals surface area contributed by atoms with E-state index in [0.29, 0.717) is 36.0 Å². The van der Waals surface area contributed by atoms with Gasteiger partial charge < -0.3 is 25.4 Å². The first-order valence-corrected chi connectivity index (χ1v) is 10.6. The summed E-state index contributed by atoms with van der Waals surface area (Å²) < 4.78 is 5.73. The molecule has 11 heteroatoms. The van der Waals surface area contributed by atoms with Crippen LogP contribution in [0.2, 0.25) is 5.02 Å². The summed E-state index contributed by atoms with van der Waals surface area (Å²) in [5.41, 5.74) is 1.72. The van der Waals surface area contributed by atoms with Gasteiger partial charge in [0.2, 0.25) is 11.9 Å². The fourth-order valence-electron chi connectivity index (χ4n) is 3.13. The third kappa shape index (κ3) is 4.54. The Morgan fingerprint density at radius 3 is 2.90 bits per heavy atom. The second-order valence-electron chi connectivity index (χ2n) is 6.66. The van der Waals surface area contributed by atoms with Crippen molar-refractivity contribution in [3.63, 3.8) is 0 Å². The first-order valence-electron chi connectivity index (χ1n) is 9.34. The molecule has 160 valence electrons. The average Bonchev–Trinajstić information content (AvgIpc) is 3.09. The number of carboxylic acid groups (broad SMARTS) is 1. The molecule has 0 spiro atoms. The number of nitrogens with zero attached hydrogens (tertiary/aromatic N) is 3.